The van der Waals surface area contributed by atoms with Gasteiger partial charge in [0.1, 0.15) is 5.82 Å². The predicted molar refractivity (Wildman–Crippen MR) is 70.1 cm³/mol. The minimum atomic E-state index is -0.0957. The first-order valence-corrected chi connectivity index (χ1v) is 7.05. The first kappa shape index (κ1) is 11.7. The third-order valence-corrected chi connectivity index (χ3v) is 4.96. The van der Waals surface area contributed by atoms with Crippen LogP contribution in [0, 0.1) is 23.1 Å². The Labute approximate surface area is 110 Å². The smallest absolute Gasteiger partial charge is 0.126 e. The maximum Gasteiger partial charge on any atom is 0.126 e. The lowest BCUT2D eigenvalue weighted by Crippen LogP contribution is -2.31. The predicted octanol–water partition coefficient (Wildman–Crippen LogP) is 3.51. The topological polar surface area (TPSA) is 26.0 Å². The van der Waals surface area contributed by atoms with Crippen LogP contribution >= 0.6 is 15.9 Å². The van der Waals surface area contributed by atoms with Crippen molar-refractivity contribution in [1.82, 2.24) is 0 Å². The van der Waals surface area contributed by atoms with Crippen molar-refractivity contribution in [2.24, 2.45) is 23.0 Å². The summed E-state index contributed by atoms with van der Waals surface area (Å²) in [7, 11) is 0. The van der Waals surface area contributed by atoms with E-state index in [1.807, 2.05) is 6.07 Å². The number of hydrogen-bond donors (Lipinski definition) is 1. The van der Waals surface area contributed by atoms with E-state index in [0.29, 0.717) is 6.54 Å². The number of nitrogens with two attached hydrogens (primary N) is 1. The van der Waals surface area contributed by atoms with Crippen LogP contribution in [0.5, 0.6) is 0 Å². The summed E-state index contributed by atoms with van der Waals surface area (Å²) in [6.07, 6.45) is 4.56. The minimum absolute atomic E-state index is 0.0957. The van der Waals surface area contributed by atoms with Crippen LogP contribution in [0.3, 0.4) is 0 Å². The van der Waals surface area contributed by atoms with Gasteiger partial charge in [0.15, 0.2) is 0 Å². The molecule has 2 atom stereocenters. The summed E-state index contributed by atoms with van der Waals surface area (Å²) in [5.74, 6) is 1.67. The van der Waals surface area contributed by atoms with Crippen molar-refractivity contribution in [2.75, 3.05) is 6.54 Å². The normalized spacial score (nSPS) is 34.8. The summed E-state index contributed by atoms with van der Waals surface area (Å²) in [4.78, 5) is 0. The molecule has 1 nitrogen and oxygen atoms in total. The molecule has 92 valence electrons. The number of benzene rings is 1. The Bertz CT molecular complexity index is 436. The molecule has 3 heteroatoms. The maximum absolute atomic E-state index is 13.8. The fourth-order valence-electron chi connectivity index (χ4n) is 3.47. The molecule has 2 unspecified atom stereocenters. The molecule has 0 bridgehead atoms. The molecule has 0 heterocycles. The minimum Gasteiger partial charge on any atom is -0.330 e. The highest BCUT2D eigenvalue weighted by molar-refractivity contribution is 9.10. The first-order valence-electron chi connectivity index (χ1n) is 6.26. The second kappa shape index (κ2) is 4.06. The van der Waals surface area contributed by atoms with Gasteiger partial charge in [0.05, 0.1) is 0 Å². The van der Waals surface area contributed by atoms with Crippen molar-refractivity contribution in [3.8, 4) is 0 Å². The van der Waals surface area contributed by atoms with E-state index in [9.17, 15) is 4.39 Å². The van der Waals surface area contributed by atoms with Crippen LogP contribution in [0.4, 0.5) is 4.39 Å². The molecular weight excluding hydrogens is 281 g/mol. The van der Waals surface area contributed by atoms with E-state index in [4.69, 9.17) is 5.73 Å². The third-order valence-electron chi connectivity index (χ3n) is 4.47. The lowest BCUT2D eigenvalue weighted by Gasteiger charge is -2.29. The van der Waals surface area contributed by atoms with Crippen LogP contribution in [0.15, 0.2) is 22.7 Å². The molecule has 2 saturated carbocycles. The van der Waals surface area contributed by atoms with Crippen LogP contribution in [0.2, 0.25) is 0 Å². The molecular formula is C14H17BrFN. The summed E-state index contributed by atoms with van der Waals surface area (Å²) >= 11 is 3.41. The Morgan fingerprint density at radius 1 is 1.35 bits per heavy atom. The second-order valence-corrected chi connectivity index (χ2v) is 6.70. The van der Waals surface area contributed by atoms with Crippen molar-refractivity contribution in [1.29, 1.82) is 0 Å². The summed E-state index contributed by atoms with van der Waals surface area (Å²) in [6.45, 7) is 0.686. The van der Waals surface area contributed by atoms with Crippen LogP contribution in [-0.2, 0) is 6.42 Å². The van der Waals surface area contributed by atoms with E-state index in [1.54, 1.807) is 12.1 Å². The SMILES string of the molecule is NCC1(Cc2cc(Br)ccc2F)CC2CC2C1. The van der Waals surface area contributed by atoms with Gasteiger partial charge in [-0.25, -0.2) is 4.39 Å². The van der Waals surface area contributed by atoms with E-state index in [2.05, 4.69) is 15.9 Å². The van der Waals surface area contributed by atoms with Gasteiger partial charge < -0.3 is 5.73 Å². The van der Waals surface area contributed by atoms with Gasteiger partial charge in [-0.05, 0) is 73.2 Å². The van der Waals surface area contributed by atoms with Gasteiger partial charge in [0.2, 0.25) is 0 Å². The molecule has 0 spiro atoms. The maximum atomic E-state index is 13.8. The van der Waals surface area contributed by atoms with E-state index in [1.165, 1.54) is 19.3 Å². The average molecular weight is 298 g/mol. The van der Waals surface area contributed by atoms with Crippen LogP contribution in [0.25, 0.3) is 0 Å². The van der Waals surface area contributed by atoms with Crippen molar-refractivity contribution in [3.63, 3.8) is 0 Å². The van der Waals surface area contributed by atoms with Gasteiger partial charge >= 0.3 is 0 Å². The third kappa shape index (κ3) is 2.15. The number of halogens is 2. The largest absolute Gasteiger partial charge is 0.330 e. The molecule has 1 aromatic rings. The van der Waals surface area contributed by atoms with Crippen molar-refractivity contribution in [2.45, 2.75) is 25.7 Å². The Balaban J connectivity index is 1.83. The van der Waals surface area contributed by atoms with E-state index >= 15 is 0 Å². The van der Waals surface area contributed by atoms with Crippen LogP contribution < -0.4 is 5.73 Å². The molecule has 2 N–H and O–H groups in total. The molecule has 17 heavy (non-hydrogen) atoms. The van der Waals surface area contributed by atoms with Gasteiger partial charge in [-0.1, -0.05) is 15.9 Å². The highest BCUT2D eigenvalue weighted by Gasteiger charge is 2.53. The zero-order chi connectivity index (χ0) is 12.0. The molecule has 0 amide bonds. The van der Waals surface area contributed by atoms with Gasteiger partial charge in [-0.2, -0.15) is 0 Å². The lowest BCUT2D eigenvalue weighted by atomic mass is 9.77. The number of hydrogen-bond acceptors (Lipinski definition) is 1. The van der Waals surface area contributed by atoms with Gasteiger partial charge in [-0.3, -0.25) is 0 Å². The first-order chi connectivity index (χ1) is 8.12. The molecule has 0 aromatic heterocycles. The highest BCUT2D eigenvalue weighted by Crippen LogP contribution is 2.60. The fourth-order valence-corrected chi connectivity index (χ4v) is 3.88. The standard InChI is InChI=1S/C14H17BrFN/c15-12-1-2-13(16)11(4-12)7-14(8-17)5-9-3-10(9)6-14/h1-2,4,9-10H,3,5-8,17H2. The summed E-state index contributed by atoms with van der Waals surface area (Å²) in [5, 5.41) is 0. The van der Waals surface area contributed by atoms with E-state index in [-0.39, 0.29) is 11.2 Å². The molecule has 1 aromatic carbocycles. The van der Waals surface area contributed by atoms with E-state index < -0.39 is 0 Å². The Kier molecular flexibility index (Phi) is 2.79. The molecule has 2 aliphatic carbocycles. The number of rotatable bonds is 3. The van der Waals surface area contributed by atoms with Crippen molar-refractivity contribution in [3.05, 3.63) is 34.1 Å². The molecule has 0 aliphatic heterocycles. The molecule has 0 radical (unpaired) electrons. The zero-order valence-corrected chi connectivity index (χ0v) is 11.3. The van der Waals surface area contributed by atoms with Gasteiger partial charge in [0.25, 0.3) is 0 Å². The second-order valence-electron chi connectivity index (χ2n) is 5.78. The van der Waals surface area contributed by atoms with Crippen LogP contribution in [0.1, 0.15) is 24.8 Å². The van der Waals surface area contributed by atoms with Crippen molar-refractivity contribution < 1.29 is 4.39 Å². The Morgan fingerprint density at radius 2 is 2.06 bits per heavy atom. The Morgan fingerprint density at radius 3 is 2.71 bits per heavy atom. The molecule has 2 fully saturated rings. The van der Waals surface area contributed by atoms with Crippen LogP contribution in [-0.4, -0.2) is 6.54 Å². The molecule has 0 saturated heterocycles. The highest BCUT2D eigenvalue weighted by atomic mass is 79.9. The number of fused-ring (bicyclic) bond motifs is 1. The van der Waals surface area contributed by atoms with Gasteiger partial charge in [-0.15, -0.1) is 0 Å². The zero-order valence-electron chi connectivity index (χ0n) is 9.76. The monoisotopic (exact) mass is 297 g/mol. The van der Waals surface area contributed by atoms with E-state index in [0.717, 1.165) is 28.3 Å². The van der Waals surface area contributed by atoms with Crippen molar-refractivity contribution >= 4 is 15.9 Å². The summed E-state index contributed by atoms with van der Waals surface area (Å²) < 4.78 is 14.7. The summed E-state index contributed by atoms with van der Waals surface area (Å²) in [5.41, 5.74) is 6.93. The van der Waals surface area contributed by atoms with Gasteiger partial charge in [0, 0.05) is 4.47 Å². The molecule has 2 aliphatic rings. The quantitative estimate of drug-likeness (QED) is 0.908. The lowest BCUT2D eigenvalue weighted by molar-refractivity contribution is 0.269. The summed E-state index contributed by atoms with van der Waals surface area (Å²) in [6, 6.07) is 5.19. The molecule has 3 rings (SSSR count). The fraction of sp³-hybridized carbons (Fsp3) is 0.571. The Hall–Kier alpha value is -0.410. The average Bonchev–Trinajstić information content (AvgIpc) is 2.92.